The van der Waals surface area contributed by atoms with Crippen molar-refractivity contribution in [3.63, 3.8) is 0 Å². The molecule has 9 aromatic carbocycles. The molecule has 1 N–H and O–H groups in total. The number of para-hydroxylation sites is 2. The van der Waals surface area contributed by atoms with Gasteiger partial charge >= 0.3 is 0 Å². The van der Waals surface area contributed by atoms with Gasteiger partial charge in [-0.2, -0.15) is 0 Å². The van der Waals surface area contributed by atoms with E-state index in [1.165, 1.54) is 80.9 Å². The lowest BCUT2D eigenvalue weighted by molar-refractivity contribution is 1.18. The summed E-state index contributed by atoms with van der Waals surface area (Å²) in [7, 11) is 0. The van der Waals surface area contributed by atoms with Gasteiger partial charge in [0.15, 0.2) is 0 Å². The summed E-state index contributed by atoms with van der Waals surface area (Å²) in [6.07, 6.45) is 0. The summed E-state index contributed by atoms with van der Waals surface area (Å²) in [6.45, 7) is 0. The molecule has 0 saturated carbocycles. The Labute approximate surface area is 335 Å². The molecule has 0 unspecified atom stereocenters. The monoisotopic (exact) mass is 744 g/mol. The van der Waals surface area contributed by atoms with Crippen LogP contribution >= 0.6 is 11.3 Å². The Hall–Kier alpha value is -7.20. The average Bonchev–Trinajstić information content (AvgIpc) is 3.83. The highest BCUT2D eigenvalue weighted by molar-refractivity contribution is 7.26. The summed E-state index contributed by atoms with van der Waals surface area (Å²) in [5.41, 5.74) is 15.3. The highest BCUT2D eigenvalue weighted by Gasteiger charge is 2.17. The summed E-state index contributed by atoms with van der Waals surface area (Å²) in [6, 6.07) is 76.9. The molecule has 11 rings (SSSR count). The maximum absolute atomic E-state index is 3.71. The van der Waals surface area contributed by atoms with Crippen LogP contribution < -0.4 is 5.32 Å². The van der Waals surface area contributed by atoms with E-state index >= 15 is 0 Å². The normalized spacial score (nSPS) is 11.5. The van der Waals surface area contributed by atoms with Crippen LogP contribution in [0.4, 0.5) is 11.4 Å². The van der Waals surface area contributed by atoms with E-state index in [-0.39, 0.29) is 0 Å². The quantitative estimate of drug-likeness (QED) is 0.172. The number of fused-ring (bicyclic) bond motifs is 6. The Morgan fingerprint density at radius 2 is 0.895 bits per heavy atom. The number of hydrogen-bond acceptors (Lipinski definition) is 2. The fraction of sp³-hybridized carbons (Fsp3) is 0. The first-order chi connectivity index (χ1) is 28.2. The third-order valence-electron chi connectivity index (χ3n) is 11.2. The predicted octanol–water partition coefficient (Wildman–Crippen LogP) is 15.6. The van der Waals surface area contributed by atoms with Gasteiger partial charge < -0.3 is 9.88 Å². The third kappa shape index (κ3) is 5.88. The minimum Gasteiger partial charge on any atom is -0.355 e. The van der Waals surface area contributed by atoms with E-state index in [9.17, 15) is 0 Å². The van der Waals surface area contributed by atoms with Gasteiger partial charge in [-0.25, -0.2) is 0 Å². The molecule has 0 radical (unpaired) electrons. The van der Waals surface area contributed by atoms with Crippen molar-refractivity contribution in [3.05, 3.63) is 212 Å². The third-order valence-corrected chi connectivity index (χ3v) is 12.4. The molecule has 0 aliphatic heterocycles. The highest BCUT2D eigenvalue weighted by atomic mass is 32.1. The van der Waals surface area contributed by atoms with Crippen molar-refractivity contribution in [2.75, 3.05) is 5.32 Å². The number of nitrogens with one attached hydrogen (secondary N) is 1. The van der Waals surface area contributed by atoms with Crippen molar-refractivity contribution >= 4 is 64.7 Å². The summed E-state index contributed by atoms with van der Waals surface area (Å²) in [5.74, 6) is 0. The standard InChI is InChI=1S/C54H36N2S/c1-3-13-36(14-4-1)37-25-29-42(30-26-37)55-50-23-9-7-19-44(50)40-16-11-15-38(33-40)39-27-31-51-48(34-39)49-35-41(28-32-52(49)56(51)43-17-5-2-6-18-43)45-21-12-22-47-46-20-8-10-24-53(46)57-54(45)47/h1-35,55H. The van der Waals surface area contributed by atoms with E-state index in [4.69, 9.17) is 0 Å². The van der Waals surface area contributed by atoms with Crippen LogP contribution in [0.5, 0.6) is 0 Å². The van der Waals surface area contributed by atoms with Crippen molar-refractivity contribution in [1.82, 2.24) is 4.57 Å². The Morgan fingerprint density at radius 3 is 1.72 bits per heavy atom. The molecule has 57 heavy (non-hydrogen) atoms. The number of hydrogen-bond donors (Lipinski definition) is 1. The molecule has 0 aliphatic carbocycles. The fourth-order valence-corrected chi connectivity index (χ4v) is 9.68. The zero-order valence-electron chi connectivity index (χ0n) is 31.1. The number of benzene rings is 9. The maximum Gasteiger partial charge on any atom is 0.0541 e. The van der Waals surface area contributed by atoms with Crippen LogP contribution in [0, 0.1) is 0 Å². The van der Waals surface area contributed by atoms with Crippen molar-refractivity contribution in [2.24, 2.45) is 0 Å². The zero-order chi connectivity index (χ0) is 37.7. The lowest BCUT2D eigenvalue weighted by atomic mass is 9.96. The van der Waals surface area contributed by atoms with Gasteiger partial charge in [0.1, 0.15) is 0 Å². The van der Waals surface area contributed by atoms with Crippen molar-refractivity contribution in [1.29, 1.82) is 0 Å². The second kappa shape index (κ2) is 13.8. The number of rotatable bonds is 7. The lowest BCUT2D eigenvalue weighted by Crippen LogP contribution is -1.94. The van der Waals surface area contributed by atoms with Crippen LogP contribution in [0.2, 0.25) is 0 Å². The first-order valence-corrected chi connectivity index (χ1v) is 20.2. The Balaban J connectivity index is 1.01. The highest BCUT2D eigenvalue weighted by Crippen LogP contribution is 2.43. The second-order valence-corrected chi connectivity index (χ2v) is 15.7. The SMILES string of the molecule is c1ccc(-c2ccc(Nc3ccccc3-c3cccc(-c4ccc5c(c4)c4cc(-c6cccc7c6sc6ccccc67)ccc4n5-c4ccccc4)c3)cc2)cc1. The molecular formula is C54H36N2S. The minimum atomic E-state index is 1.06. The van der Waals surface area contributed by atoms with E-state index in [1.54, 1.807) is 0 Å². The topological polar surface area (TPSA) is 17.0 Å². The summed E-state index contributed by atoms with van der Waals surface area (Å²) in [5, 5.41) is 8.83. The van der Waals surface area contributed by atoms with Crippen LogP contribution in [0.15, 0.2) is 212 Å². The van der Waals surface area contributed by atoms with Gasteiger partial charge in [-0.3, -0.25) is 0 Å². The Bertz CT molecular complexity index is 3250. The number of thiophene rings is 1. The van der Waals surface area contributed by atoms with Crippen molar-refractivity contribution in [3.8, 4) is 50.2 Å². The maximum atomic E-state index is 3.71. The van der Waals surface area contributed by atoms with Gasteiger partial charge in [-0.05, 0) is 106 Å². The van der Waals surface area contributed by atoms with Crippen molar-refractivity contribution in [2.45, 2.75) is 0 Å². The van der Waals surface area contributed by atoms with Crippen LogP contribution in [-0.4, -0.2) is 4.57 Å². The first kappa shape index (κ1) is 33.2. The van der Waals surface area contributed by atoms with Gasteiger partial charge in [-0.15, -0.1) is 11.3 Å². The largest absolute Gasteiger partial charge is 0.355 e. The van der Waals surface area contributed by atoms with Crippen LogP contribution in [0.1, 0.15) is 0 Å². The number of anilines is 2. The van der Waals surface area contributed by atoms with E-state index in [0.29, 0.717) is 0 Å². The van der Waals surface area contributed by atoms with Crippen LogP contribution in [-0.2, 0) is 0 Å². The first-order valence-electron chi connectivity index (χ1n) is 19.4. The molecule has 0 fully saturated rings. The minimum absolute atomic E-state index is 1.06. The fourth-order valence-electron chi connectivity index (χ4n) is 8.44. The van der Waals surface area contributed by atoms with Gasteiger partial charge in [0.25, 0.3) is 0 Å². The number of aromatic nitrogens is 1. The molecule has 2 nitrogen and oxygen atoms in total. The second-order valence-electron chi connectivity index (χ2n) is 14.6. The molecular weight excluding hydrogens is 709 g/mol. The smallest absolute Gasteiger partial charge is 0.0541 e. The molecule has 0 amide bonds. The van der Waals surface area contributed by atoms with E-state index in [1.807, 2.05) is 11.3 Å². The molecule has 0 spiro atoms. The number of nitrogens with zero attached hydrogens (tertiary/aromatic N) is 1. The van der Waals surface area contributed by atoms with Gasteiger partial charge in [0.2, 0.25) is 0 Å². The molecule has 0 bridgehead atoms. The predicted molar refractivity (Wildman–Crippen MR) is 245 cm³/mol. The lowest BCUT2D eigenvalue weighted by Gasteiger charge is -2.14. The van der Waals surface area contributed by atoms with E-state index in [2.05, 4.69) is 222 Å². The molecule has 2 aromatic heterocycles. The Kier molecular flexibility index (Phi) is 8.04. The molecule has 3 heteroatoms. The van der Waals surface area contributed by atoms with Gasteiger partial charge in [-0.1, -0.05) is 146 Å². The van der Waals surface area contributed by atoms with Crippen LogP contribution in [0.25, 0.3) is 92.2 Å². The van der Waals surface area contributed by atoms with Gasteiger partial charge in [0, 0.05) is 53.6 Å². The summed E-state index contributed by atoms with van der Waals surface area (Å²) < 4.78 is 5.06. The molecule has 11 aromatic rings. The average molecular weight is 745 g/mol. The van der Waals surface area contributed by atoms with E-state index < -0.39 is 0 Å². The molecule has 268 valence electrons. The molecule has 0 atom stereocenters. The van der Waals surface area contributed by atoms with Gasteiger partial charge in [0.05, 0.1) is 11.0 Å². The summed E-state index contributed by atoms with van der Waals surface area (Å²) in [4.78, 5) is 0. The Morgan fingerprint density at radius 1 is 0.351 bits per heavy atom. The van der Waals surface area contributed by atoms with E-state index in [0.717, 1.165) is 22.6 Å². The molecule has 0 saturated heterocycles. The summed E-state index contributed by atoms with van der Waals surface area (Å²) >= 11 is 1.88. The van der Waals surface area contributed by atoms with Crippen LogP contribution in [0.3, 0.4) is 0 Å². The molecule has 2 heterocycles. The van der Waals surface area contributed by atoms with Crippen molar-refractivity contribution < 1.29 is 0 Å². The molecule has 0 aliphatic rings. The zero-order valence-corrected chi connectivity index (χ0v) is 31.9.